The number of amides is 1. The largest absolute Gasteiger partial charge is 0.496 e. The summed E-state index contributed by atoms with van der Waals surface area (Å²) in [5.74, 6) is 6.19. The van der Waals surface area contributed by atoms with E-state index in [1.54, 1.807) is 13.2 Å². The molecule has 0 aromatic heterocycles. The zero-order valence-corrected chi connectivity index (χ0v) is 11.2. The molecule has 0 radical (unpaired) electrons. The van der Waals surface area contributed by atoms with E-state index in [9.17, 15) is 4.79 Å². The Morgan fingerprint density at radius 3 is 2.68 bits per heavy atom. The predicted octanol–water partition coefficient (Wildman–Crippen LogP) is 1.44. The molecular weight excluding hydrogens is 244 g/mol. The molecule has 0 bridgehead atoms. The van der Waals surface area contributed by atoms with Crippen molar-refractivity contribution in [3.8, 4) is 5.75 Å². The maximum Gasteiger partial charge on any atom is 0.257 e. The van der Waals surface area contributed by atoms with Gasteiger partial charge in [-0.25, -0.2) is 5.90 Å². The van der Waals surface area contributed by atoms with Crippen LogP contribution in [0.2, 0.25) is 0 Å². The van der Waals surface area contributed by atoms with Crippen LogP contribution in [0.25, 0.3) is 0 Å². The lowest BCUT2D eigenvalue weighted by atomic mass is 9.97. The van der Waals surface area contributed by atoms with E-state index in [2.05, 4.69) is 4.84 Å². The van der Waals surface area contributed by atoms with Gasteiger partial charge < -0.3 is 14.5 Å². The van der Waals surface area contributed by atoms with Gasteiger partial charge in [0.25, 0.3) is 5.91 Å². The van der Waals surface area contributed by atoms with Gasteiger partial charge in [0.15, 0.2) is 0 Å². The van der Waals surface area contributed by atoms with Gasteiger partial charge in [-0.15, -0.1) is 0 Å². The molecule has 1 saturated heterocycles. The number of ether oxygens (including phenoxy) is 1. The second-order valence-corrected chi connectivity index (χ2v) is 4.77. The third-order valence-corrected chi connectivity index (χ3v) is 3.57. The van der Waals surface area contributed by atoms with Crippen LogP contribution in [0.15, 0.2) is 24.3 Å². The number of rotatable bonds is 4. The summed E-state index contributed by atoms with van der Waals surface area (Å²) >= 11 is 0. The highest BCUT2D eigenvalue weighted by molar-refractivity contribution is 5.97. The number of benzene rings is 1. The molecule has 1 heterocycles. The van der Waals surface area contributed by atoms with Crippen LogP contribution >= 0.6 is 0 Å². The average molecular weight is 264 g/mol. The van der Waals surface area contributed by atoms with E-state index in [1.165, 1.54) is 0 Å². The van der Waals surface area contributed by atoms with Gasteiger partial charge in [0, 0.05) is 13.1 Å². The van der Waals surface area contributed by atoms with Crippen molar-refractivity contribution in [2.75, 3.05) is 26.8 Å². The smallest absolute Gasteiger partial charge is 0.257 e. The highest BCUT2D eigenvalue weighted by Gasteiger charge is 2.25. The van der Waals surface area contributed by atoms with Crippen molar-refractivity contribution in [3.05, 3.63) is 29.8 Å². The molecule has 0 spiro atoms. The second kappa shape index (κ2) is 6.54. The molecule has 0 unspecified atom stereocenters. The molecule has 1 aromatic rings. The monoisotopic (exact) mass is 264 g/mol. The summed E-state index contributed by atoms with van der Waals surface area (Å²) in [4.78, 5) is 19.0. The molecule has 19 heavy (non-hydrogen) atoms. The zero-order valence-electron chi connectivity index (χ0n) is 11.2. The molecular formula is C14H20N2O3. The Morgan fingerprint density at radius 1 is 1.37 bits per heavy atom. The molecule has 0 atom stereocenters. The molecule has 1 fully saturated rings. The third-order valence-electron chi connectivity index (χ3n) is 3.57. The Morgan fingerprint density at radius 2 is 2.05 bits per heavy atom. The van der Waals surface area contributed by atoms with Gasteiger partial charge >= 0.3 is 0 Å². The standard InChI is InChI=1S/C14H20N2O3/c1-18-13-5-3-2-4-12(13)14(17)16-8-6-11(7-9-16)10-19-15/h2-5,11H,6-10,15H2,1H3. The van der Waals surface area contributed by atoms with Gasteiger partial charge in [0.1, 0.15) is 5.75 Å². The zero-order chi connectivity index (χ0) is 13.7. The minimum atomic E-state index is 0.0320. The van der Waals surface area contributed by atoms with Crippen molar-refractivity contribution in [1.29, 1.82) is 0 Å². The van der Waals surface area contributed by atoms with E-state index in [-0.39, 0.29) is 5.91 Å². The van der Waals surface area contributed by atoms with Crippen molar-refractivity contribution < 1.29 is 14.4 Å². The number of nitrogens with zero attached hydrogens (tertiary/aromatic N) is 1. The summed E-state index contributed by atoms with van der Waals surface area (Å²) in [6, 6.07) is 7.32. The molecule has 104 valence electrons. The Bertz CT molecular complexity index is 428. The molecule has 1 aromatic carbocycles. The predicted molar refractivity (Wildman–Crippen MR) is 71.8 cm³/mol. The Balaban J connectivity index is 2.01. The van der Waals surface area contributed by atoms with Crippen LogP contribution in [0.1, 0.15) is 23.2 Å². The van der Waals surface area contributed by atoms with E-state index in [0.29, 0.717) is 23.8 Å². The molecule has 1 aliphatic heterocycles. The minimum Gasteiger partial charge on any atom is -0.496 e. The lowest BCUT2D eigenvalue weighted by molar-refractivity contribution is 0.0523. The highest BCUT2D eigenvalue weighted by atomic mass is 16.6. The first kappa shape index (κ1) is 13.8. The number of carbonyl (C=O) groups excluding carboxylic acids is 1. The van der Waals surface area contributed by atoms with Crippen molar-refractivity contribution in [1.82, 2.24) is 4.90 Å². The topological polar surface area (TPSA) is 64.8 Å². The summed E-state index contributed by atoms with van der Waals surface area (Å²) in [6.45, 7) is 2.05. The number of methoxy groups -OCH3 is 1. The summed E-state index contributed by atoms with van der Waals surface area (Å²) in [6.07, 6.45) is 1.86. The van der Waals surface area contributed by atoms with Crippen LogP contribution in [0.5, 0.6) is 5.75 Å². The van der Waals surface area contributed by atoms with E-state index in [4.69, 9.17) is 10.6 Å². The lowest BCUT2D eigenvalue weighted by Crippen LogP contribution is -2.39. The van der Waals surface area contributed by atoms with Crippen LogP contribution in [-0.4, -0.2) is 37.6 Å². The van der Waals surface area contributed by atoms with E-state index < -0.39 is 0 Å². The first-order chi connectivity index (χ1) is 9.26. The first-order valence-corrected chi connectivity index (χ1v) is 6.50. The second-order valence-electron chi connectivity index (χ2n) is 4.77. The number of nitrogens with two attached hydrogens (primary N) is 1. The van der Waals surface area contributed by atoms with Gasteiger partial charge in [-0.05, 0) is 30.9 Å². The van der Waals surface area contributed by atoms with Crippen molar-refractivity contribution >= 4 is 5.91 Å². The van der Waals surface area contributed by atoms with Gasteiger partial charge in [-0.1, -0.05) is 12.1 Å². The highest BCUT2D eigenvalue weighted by Crippen LogP contribution is 2.23. The molecule has 5 heteroatoms. The number of para-hydroxylation sites is 1. The average Bonchev–Trinajstić information content (AvgIpc) is 2.47. The molecule has 1 aliphatic rings. The summed E-state index contributed by atoms with van der Waals surface area (Å²) in [5.41, 5.74) is 0.624. The Labute approximate surface area is 113 Å². The molecule has 0 saturated carbocycles. The first-order valence-electron chi connectivity index (χ1n) is 6.50. The van der Waals surface area contributed by atoms with Crippen molar-refractivity contribution in [3.63, 3.8) is 0 Å². The number of likely N-dealkylation sites (tertiary alicyclic amines) is 1. The van der Waals surface area contributed by atoms with Crippen molar-refractivity contribution in [2.45, 2.75) is 12.8 Å². The number of hydrogen-bond acceptors (Lipinski definition) is 4. The Hall–Kier alpha value is -1.59. The van der Waals surface area contributed by atoms with Crippen LogP contribution in [-0.2, 0) is 4.84 Å². The number of piperidine rings is 1. The number of hydrogen-bond donors (Lipinski definition) is 1. The van der Waals surface area contributed by atoms with Gasteiger partial charge in [0.2, 0.25) is 0 Å². The van der Waals surface area contributed by atoms with Crippen molar-refractivity contribution in [2.24, 2.45) is 11.8 Å². The van der Waals surface area contributed by atoms with E-state index in [0.717, 1.165) is 25.9 Å². The Kier molecular flexibility index (Phi) is 4.76. The quantitative estimate of drug-likeness (QED) is 0.836. The summed E-state index contributed by atoms with van der Waals surface area (Å²) in [5, 5.41) is 0. The molecule has 2 N–H and O–H groups in total. The minimum absolute atomic E-state index is 0.0320. The summed E-state index contributed by atoms with van der Waals surface area (Å²) < 4.78 is 5.23. The maximum atomic E-state index is 12.4. The molecule has 5 nitrogen and oxygen atoms in total. The lowest BCUT2D eigenvalue weighted by Gasteiger charge is -2.31. The van der Waals surface area contributed by atoms with Gasteiger partial charge in [-0.3, -0.25) is 4.79 Å². The van der Waals surface area contributed by atoms with Crippen LogP contribution < -0.4 is 10.6 Å². The van der Waals surface area contributed by atoms with E-state index in [1.807, 2.05) is 23.1 Å². The fraction of sp³-hybridized carbons (Fsp3) is 0.500. The fourth-order valence-corrected chi connectivity index (χ4v) is 2.43. The maximum absolute atomic E-state index is 12.4. The van der Waals surface area contributed by atoms with E-state index >= 15 is 0 Å². The van der Waals surface area contributed by atoms with Crippen LogP contribution in [0.4, 0.5) is 0 Å². The molecule has 2 rings (SSSR count). The van der Waals surface area contributed by atoms with Gasteiger partial charge in [0.05, 0.1) is 19.3 Å². The number of carbonyl (C=O) groups is 1. The normalized spacial score (nSPS) is 16.4. The third kappa shape index (κ3) is 3.24. The van der Waals surface area contributed by atoms with Crippen LogP contribution in [0.3, 0.4) is 0 Å². The van der Waals surface area contributed by atoms with Gasteiger partial charge in [-0.2, -0.15) is 0 Å². The SMILES string of the molecule is COc1ccccc1C(=O)N1CCC(CON)CC1. The summed E-state index contributed by atoms with van der Waals surface area (Å²) in [7, 11) is 1.58. The molecule has 0 aliphatic carbocycles. The fourth-order valence-electron chi connectivity index (χ4n) is 2.43. The molecule has 1 amide bonds. The van der Waals surface area contributed by atoms with Crippen LogP contribution in [0, 0.1) is 5.92 Å².